The molecule has 0 spiro atoms. The Labute approximate surface area is 167 Å². The van der Waals surface area contributed by atoms with E-state index in [4.69, 9.17) is 4.74 Å². The quantitative estimate of drug-likeness (QED) is 0.346. The van der Waals surface area contributed by atoms with Crippen LogP contribution >= 0.6 is 0 Å². The summed E-state index contributed by atoms with van der Waals surface area (Å²) < 4.78 is 5.21. The van der Waals surface area contributed by atoms with Gasteiger partial charge < -0.3 is 4.74 Å². The Morgan fingerprint density at radius 1 is 1.30 bits per heavy atom. The Morgan fingerprint density at radius 3 is 2.67 bits per heavy atom. The van der Waals surface area contributed by atoms with Gasteiger partial charge in [0.05, 0.1) is 6.10 Å². The largest absolute Gasteiger partial charge is 0.463 e. The summed E-state index contributed by atoms with van der Waals surface area (Å²) in [4.78, 5) is 11.0. The summed E-state index contributed by atoms with van der Waals surface area (Å²) in [6.07, 6.45) is 13.3. The van der Waals surface area contributed by atoms with Gasteiger partial charge in [0.15, 0.2) is 0 Å². The van der Waals surface area contributed by atoms with Crippen molar-refractivity contribution in [1.29, 1.82) is 0 Å². The van der Waals surface area contributed by atoms with Crippen LogP contribution in [0.2, 0.25) is 0 Å². The standard InChI is InChI=1S/C25H42O2/c1-18(10-8-11-20(3)27-21(4)26)12-14-22-19(2)13-15-23-24(5,6)16-9-17-25(22,23)7/h10,20,22-23H,2,8-9,11-17H2,1,3-7H3/b18-10+/t20?,22?,23?,25-/m0/s1. The highest BCUT2D eigenvalue weighted by molar-refractivity contribution is 5.66. The van der Waals surface area contributed by atoms with Crippen molar-refractivity contribution in [3.63, 3.8) is 0 Å². The summed E-state index contributed by atoms with van der Waals surface area (Å²) in [7, 11) is 0. The third-order valence-electron chi connectivity index (χ3n) is 7.58. The molecular weight excluding hydrogens is 332 g/mol. The molecular formula is C25H42O2. The van der Waals surface area contributed by atoms with Crippen molar-refractivity contribution in [2.75, 3.05) is 0 Å². The van der Waals surface area contributed by atoms with Crippen LogP contribution < -0.4 is 0 Å². The lowest BCUT2D eigenvalue weighted by molar-refractivity contribution is -0.145. The van der Waals surface area contributed by atoms with E-state index in [1.807, 2.05) is 6.92 Å². The first-order valence-electron chi connectivity index (χ1n) is 11.1. The van der Waals surface area contributed by atoms with Gasteiger partial charge in [-0.05, 0) is 87.9 Å². The molecule has 0 aliphatic heterocycles. The molecule has 0 aromatic heterocycles. The number of fused-ring (bicyclic) bond motifs is 1. The molecule has 2 heteroatoms. The maximum atomic E-state index is 11.0. The number of hydrogen-bond donors (Lipinski definition) is 0. The smallest absolute Gasteiger partial charge is 0.302 e. The topological polar surface area (TPSA) is 26.3 Å². The number of carbonyl (C=O) groups excluding carboxylic acids is 1. The molecule has 2 fully saturated rings. The number of esters is 1. The van der Waals surface area contributed by atoms with Gasteiger partial charge in [0.1, 0.15) is 0 Å². The first-order valence-corrected chi connectivity index (χ1v) is 11.1. The van der Waals surface area contributed by atoms with Crippen molar-refractivity contribution < 1.29 is 9.53 Å². The van der Waals surface area contributed by atoms with Gasteiger partial charge >= 0.3 is 5.97 Å². The molecule has 2 aliphatic carbocycles. The van der Waals surface area contributed by atoms with Crippen LogP contribution in [-0.2, 0) is 9.53 Å². The number of ether oxygens (including phenoxy) is 1. The maximum Gasteiger partial charge on any atom is 0.302 e. The van der Waals surface area contributed by atoms with Gasteiger partial charge in [-0.3, -0.25) is 4.79 Å². The second-order valence-electron chi connectivity index (χ2n) is 10.2. The lowest BCUT2D eigenvalue weighted by Crippen LogP contribution is -2.49. The monoisotopic (exact) mass is 374 g/mol. The van der Waals surface area contributed by atoms with Crippen LogP contribution in [0, 0.1) is 22.7 Å². The van der Waals surface area contributed by atoms with Crippen LogP contribution in [-0.4, -0.2) is 12.1 Å². The molecule has 3 unspecified atom stereocenters. The molecule has 0 heterocycles. The van der Waals surface area contributed by atoms with Gasteiger partial charge in [0, 0.05) is 6.92 Å². The van der Waals surface area contributed by atoms with Crippen molar-refractivity contribution in [1.82, 2.24) is 0 Å². The zero-order chi connectivity index (χ0) is 20.2. The van der Waals surface area contributed by atoms with Crippen molar-refractivity contribution in [2.24, 2.45) is 22.7 Å². The van der Waals surface area contributed by atoms with Gasteiger partial charge in [0.2, 0.25) is 0 Å². The third-order valence-corrected chi connectivity index (χ3v) is 7.58. The highest BCUT2D eigenvalue weighted by Gasteiger charge is 2.52. The minimum atomic E-state index is -0.183. The highest BCUT2D eigenvalue weighted by atomic mass is 16.5. The van der Waals surface area contributed by atoms with E-state index < -0.39 is 0 Å². The lowest BCUT2D eigenvalue weighted by Gasteiger charge is -2.58. The lowest BCUT2D eigenvalue weighted by atomic mass is 9.47. The van der Waals surface area contributed by atoms with Crippen molar-refractivity contribution in [3.8, 4) is 0 Å². The SMILES string of the molecule is C=C1CCC2C(C)(C)CCC[C@@]2(C)C1CC/C(C)=C/CCC(C)OC(C)=O. The number of carbonyl (C=O) groups is 1. The zero-order valence-electron chi connectivity index (χ0n) is 18.7. The molecule has 2 rings (SSSR count). The fourth-order valence-electron chi connectivity index (χ4n) is 6.19. The number of allylic oxidation sites excluding steroid dienone is 3. The molecule has 0 N–H and O–H groups in total. The van der Waals surface area contributed by atoms with E-state index in [0.717, 1.165) is 25.2 Å². The fraction of sp³-hybridized carbons (Fsp3) is 0.800. The number of hydrogen-bond acceptors (Lipinski definition) is 2. The molecule has 0 aromatic rings. The molecule has 0 bridgehead atoms. The fourth-order valence-corrected chi connectivity index (χ4v) is 6.19. The second-order valence-corrected chi connectivity index (χ2v) is 10.2. The molecule has 27 heavy (non-hydrogen) atoms. The Hall–Kier alpha value is -1.05. The molecule has 4 atom stereocenters. The van der Waals surface area contributed by atoms with E-state index in [0.29, 0.717) is 16.7 Å². The van der Waals surface area contributed by atoms with E-state index in [9.17, 15) is 4.79 Å². The van der Waals surface area contributed by atoms with Gasteiger partial charge in [-0.1, -0.05) is 51.0 Å². The molecule has 0 saturated heterocycles. The predicted octanol–water partition coefficient (Wildman–Crippen LogP) is 7.24. The van der Waals surface area contributed by atoms with Crippen LogP contribution in [0.5, 0.6) is 0 Å². The van der Waals surface area contributed by atoms with Gasteiger partial charge in [-0.15, -0.1) is 0 Å². The molecule has 0 aromatic carbocycles. The van der Waals surface area contributed by atoms with Crippen molar-refractivity contribution in [2.45, 2.75) is 105 Å². The zero-order valence-corrected chi connectivity index (χ0v) is 18.7. The summed E-state index contributed by atoms with van der Waals surface area (Å²) in [6.45, 7) is 17.8. The molecule has 2 saturated carbocycles. The minimum absolute atomic E-state index is 0.00816. The molecule has 0 amide bonds. The molecule has 2 nitrogen and oxygen atoms in total. The Bertz CT molecular complexity index is 571. The second kappa shape index (κ2) is 8.97. The molecule has 0 radical (unpaired) electrons. The van der Waals surface area contributed by atoms with E-state index in [1.165, 1.54) is 56.6 Å². The normalized spacial score (nSPS) is 31.9. The van der Waals surface area contributed by atoms with Gasteiger partial charge in [-0.25, -0.2) is 0 Å². The van der Waals surface area contributed by atoms with Crippen LogP contribution in [0.25, 0.3) is 0 Å². The average molecular weight is 375 g/mol. The third kappa shape index (κ3) is 5.48. The maximum absolute atomic E-state index is 11.0. The van der Waals surface area contributed by atoms with Gasteiger partial charge in [-0.2, -0.15) is 0 Å². The van der Waals surface area contributed by atoms with Crippen LogP contribution in [0.1, 0.15) is 99.3 Å². The Kier molecular flexibility index (Phi) is 7.39. The molecule has 154 valence electrons. The average Bonchev–Trinajstić information content (AvgIpc) is 2.52. The van der Waals surface area contributed by atoms with E-state index in [-0.39, 0.29) is 12.1 Å². The summed E-state index contributed by atoms with van der Waals surface area (Å²) in [6, 6.07) is 0. The summed E-state index contributed by atoms with van der Waals surface area (Å²) in [5, 5.41) is 0. The van der Waals surface area contributed by atoms with Crippen LogP contribution in [0.4, 0.5) is 0 Å². The number of rotatable bonds is 7. The van der Waals surface area contributed by atoms with Crippen molar-refractivity contribution >= 4 is 5.97 Å². The Morgan fingerprint density at radius 2 is 2.00 bits per heavy atom. The molecule has 2 aliphatic rings. The minimum Gasteiger partial charge on any atom is -0.463 e. The summed E-state index contributed by atoms with van der Waals surface area (Å²) in [5.74, 6) is 1.32. The van der Waals surface area contributed by atoms with Crippen LogP contribution in [0.15, 0.2) is 23.8 Å². The highest BCUT2D eigenvalue weighted by Crippen LogP contribution is 2.61. The van der Waals surface area contributed by atoms with E-state index in [2.05, 4.69) is 40.3 Å². The van der Waals surface area contributed by atoms with Gasteiger partial charge in [0.25, 0.3) is 0 Å². The van der Waals surface area contributed by atoms with Crippen LogP contribution in [0.3, 0.4) is 0 Å². The summed E-state index contributed by atoms with van der Waals surface area (Å²) >= 11 is 0. The first-order chi connectivity index (χ1) is 12.6. The van der Waals surface area contributed by atoms with Crippen molar-refractivity contribution in [3.05, 3.63) is 23.8 Å². The van der Waals surface area contributed by atoms with E-state index in [1.54, 1.807) is 0 Å². The van der Waals surface area contributed by atoms with E-state index >= 15 is 0 Å². The Balaban J connectivity index is 1.93. The summed E-state index contributed by atoms with van der Waals surface area (Å²) in [5.41, 5.74) is 3.88. The first kappa shape index (κ1) is 22.2. The predicted molar refractivity (Wildman–Crippen MR) is 115 cm³/mol.